The van der Waals surface area contributed by atoms with Crippen LogP contribution in [-0.2, 0) is 24.2 Å². The van der Waals surface area contributed by atoms with Gasteiger partial charge < -0.3 is 34.4 Å². The van der Waals surface area contributed by atoms with E-state index in [4.69, 9.17) is 18.9 Å². The number of benzene rings is 3. The number of H-pyrrole nitrogens is 1. The second-order valence-electron chi connectivity index (χ2n) is 8.94. The molecular weight excluding hydrogens is 484 g/mol. The van der Waals surface area contributed by atoms with Crippen LogP contribution < -0.4 is 24.3 Å². The highest BCUT2D eigenvalue weighted by molar-refractivity contribution is 5.83. The maximum Gasteiger partial charge on any atom is 0.220 e. The zero-order chi connectivity index (χ0) is 26.9. The number of carbonyl (C=O) groups is 1. The van der Waals surface area contributed by atoms with Gasteiger partial charge in [-0.05, 0) is 53.8 Å². The lowest BCUT2D eigenvalue weighted by Gasteiger charge is -2.17. The molecule has 3 N–H and O–H groups in total. The van der Waals surface area contributed by atoms with Gasteiger partial charge in [0, 0.05) is 23.5 Å². The standard InChI is InChI=1S/C30H34N2O6/c1-35-27-14-20(15-28(36-2)30(27)37-3)19-38-26-11-7-4-8-21(26)12-13-29(34)32-23(18-33)16-22-17-31-25-10-6-5-9-24(22)25/h4-11,14-15,17,23,31,33H,12-13,16,18-19H2,1-3H3,(H,32,34)/t23-/m1/s1. The van der Waals surface area contributed by atoms with Gasteiger partial charge in [-0.15, -0.1) is 0 Å². The van der Waals surface area contributed by atoms with E-state index in [1.54, 1.807) is 21.3 Å². The predicted molar refractivity (Wildman–Crippen MR) is 146 cm³/mol. The highest BCUT2D eigenvalue weighted by atomic mass is 16.5. The molecule has 1 heterocycles. The van der Waals surface area contributed by atoms with Crippen molar-refractivity contribution in [2.24, 2.45) is 0 Å². The number of fused-ring (bicyclic) bond motifs is 1. The van der Waals surface area contributed by atoms with Crippen molar-refractivity contribution >= 4 is 16.8 Å². The van der Waals surface area contributed by atoms with E-state index in [1.165, 1.54) is 0 Å². The number of aromatic nitrogens is 1. The summed E-state index contributed by atoms with van der Waals surface area (Å²) in [7, 11) is 4.71. The third kappa shape index (κ3) is 6.39. The third-order valence-electron chi connectivity index (χ3n) is 6.44. The Hall–Kier alpha value is -4.17. The summed E-state index contributed by atoms with van der Waals surface area (Å²) in [4.78, 5) is 16.0. The van der Waals surface area contributed by atoms with Crippen molar-refractivity contribution in [3.63, 3.8) is 0 Å². The minimum absolute atomic E-state index is 0.122. The van der Waals surface area contributed by atoms with Crippen molar-refractivity contribution in [3.05, 3.63) is 83.6 Å². The lowest BCUT2D eigenvalue weighted by molar-refractivity contribution is -0.122. The second-order valence-corrected chi connectivity index (χ2v) is 8.94. The van der Waals surface area contributed by atoms with Crippen LogP contribution in [0.1, 0.15) is 23.1 Å². The Bertz CT molecular complexity index is 1340. The summed E-state index contributed by atoms with van der Waals surface area (Å²) in [5.74, 6) is 2.22. The fourth-order valence-electron chi connectivity index (χ4n) is 4.51. The maximum atomic E-state index is 12.8. The number of ether oxygens (including phenoxy) is 4. The van der Waals surface area contributed by atoms with Crippen molar-refractivity contribution in [2.75, 3.05) is 27.9 Å². The molecule has 1 aromatic heterocycles. The summed E-state index contributed by atoms with van der Waals surface area (Å²) >= 11 is 0. The summed E-state index contributed by atoms with van der Waals surface area (Å²) in [5.41, 5.74) is 3.88. The number of aryl methyl sites for hydroxylation is 1. The van der Waals surface area contributed by atoms with Crippen molar-refractivity contribution in [1.82, 2.24) is 10.3 Å². The Balaban J connectivity index is 1.36. The minimum Gasteiger partial charge on any atom is -0.493 e. The van der Waals surface area contributed by atoms with Crippen LogP contribution in [0.5, 0.6) is 23.0 Å². The molecule has 0 fully saturated rings. The van der Waals surface area contributed by atoms with Gasteiger partial charge in [-0.1, -0.05) is 36.4 Å². The van der Waals surface area contributed by atoms with Crippen molar-refractivity contribution in [2.45, 2.75) is 31.9 Å². The molecule has 0 spiro atoms. The molecule has 1 amide bonds. The molecule has 200 valence electrons. The van der Waals surface area contributed by atoms with Gasteiger partial charge in [-0.2, -0.15) is 0 Å². The molecule has 0 aliphatic rings. The predicted octanol–water partition coefficient (Wildman–Crippen LogP) is 4.43. The van der Waals surface area contributed by atoms with Crippen molar-refractivity contribution in [3.8, 4) is 23.0 Å². The number of hydrogen-bond donors (Lipinski definition) is 3. The number of amides is 1. The third-order valence-corrected chi connectivity index (χ3v) is 6.44. The number of aromatic amines is 1. The highest BCUT2D eigenvalue weighted by Crippen LogP contribution is 2.38. The molecule has 8 nitrogen and oxygen atoms in total. The van der Waals surface area contributed by atoms with Gasteiger partial charge in [0.1, 0.15) is 12.4 Å². The summed E-state index contributed by atoms with van der Waals surface area (Å²) < 4.78 is 22.4. The molecule has 0 saturated heterocycles. The summed E-state index contributed by atoms with van der Waals surface area (Å²) in [6.07, 6.45) is 3.25. The molecule has 0 aliphatic heterocycles. The van der Waals surface area contributed by atoms with Gasteiger partial charge in [-0.3, -0.25) is 4.79 Å². The Morgan fingerprint density at radius 2 is 1.63 bits per heavy atom. The topological polar surface area (TPSA) is 102 Å². The molecule has 0 unspecified atom stereocenters. The van der Waals surface area contributed by atoms with Crippen LogP contribution in [0, 0.1) is 0 Å². The summed E-state index contributed by atoms with van der Waals surface area (Å²) in [6, 6.07) is 19.0. The van der Waals surface area contributed by atoms with Crippen molar-refractivity contribution in [1.29, 1.82) is 0 Å². The fourth-order valence-corrected chi connectivity index (χ4v) is 4.51. The van der Waals surface area contributed by atoms with Gasteiger partial charge in [0.2, 0.25) is 11.7 Å². The first kappa shape index (κ1) is 26.9. The average Bonchev–Trinajstić information content (AvgIpc) is 3.36. The first-order valence-electron chi connectivity index (χ1n) is 12.5. The molecular formula is C30H34N2O6. The van der Waals surface area contributed by atoms with Crippen LogP contribution in [0.4, 0.5) is 0 Å². The lowest BCUT2D eigenvalue weighted by atomic mass is 10.0. The van der Waals surface area contributed by atoms with Gasteiger partial charge in [0.05, 0.1) is 34.0 Å². The molecule has 0 bridgehead atoms. The monoisotopic (exact) mass is 518 g/mol. The number of para-hydroxylation sites is 2. The Morgan fingerprint density at radius 1 is 0.921 bits per heavy atom. The summed E-state index contributed by atoms with van der Waals surface area (Å²) in [6.45, 7) is 0.150. The van der Waals surface area contributed by atoms with E-state index in [0.717, 1.165) is 27.6 Å². The molecule has 4 rings (SSSR count). The van der Waals surface area contributed by atoms with Gasteiger partial charge in [0.25, 0.3) is 0 Å². The number of nitrogens with one attached hydrogen (secondary N) is 2. The molecule has 0 aliphatic carbocycles. The fraction of sp³-hybridized carbons (Fsp3) is 0.300. The van der Waals surface area contributed by atoms with E-state index in [0.29, 0.717) is 35.8 Å². The summed E-state index contributed by atoms with van der Waals surface area (Å²) in [5, 5.41) is 14.0. The smallest absolute Gasteiger partial charge is 0.220 e. The zero-order valence-corrected chi connectivity index (χ0v) is 22.0. The number of methoxy groups -OCH3 is 3. The van der Waals surface area contributed by atoms with Crippen LogP contribution in [0.2, 0.25) is 0 Å². The lowest BCUT2D eigenvalue weighted by Crippen LogP contribution is -2.39. The molecule has 4 aromatic rings. The first-order chi connectivity index (χ1) is 18.6. The minimum atomic E-state index is -0.367. The number of aliphatic hydroxyl groups excluding tert-OH is 1. The van der Waals surface area contributed by atoms with E-state index in [-0.39, 0.29) is 31.6 Å². The molecule has 38 heavy (non-hydrogen) atoms. The molecule has 1 atom stereocenters. The highest BCUT2D eigenvalue weighted by Gasteiger charge is 2.16. The first-order valence-corrected chi connectivity index (χ1v) is 12.5. The van der Waals surface area contributed by atoms with Crippen molar-refractivity contribution < 1.29 is 28.8 Å². The molecule has 8 heteroatoms. The molecule has 0 radical (unpaired) electrons. The SMILES string of the molecule is COc1cc(COc2ccccc2CCC(=O)N[C@@H](CO)Cc2c[nH]c3ccccc23)cc(OC)c1OC. The normalized spacial score (nSPS) is 11.7. The van der Waals surface area contributed by atoms with Crippen LogP contribution in [0.25, 0.3) is 10.9 Å². The van der Waals surface area contributed by atoms with Gasteiger partial charge in [-0.25, -0.2) is 0 Å². The van der Waals surface area contributed by atoms with E-state index < -0.39 is 0 Å². The van der Waals surface area contributed by atoms with E-state index >= 15 is 0 Å². The average molecular weight is 519 g/mol. The number of carbonyl (C=O) groups excluding carboxylic acids is 1. The number of rotatable bonds is 13. The Kier molecular flexibility index (Phi) is 9.11. The van der Waals surface area contributed by atoms with Crippen LogP contribution in [0.3, 0.4) is 0 Å². The van der Waals surface area contributed by atoms with Gasteiger partial charge >= 0.3 is 0 Å². The number of hydrogen-bond acceptors (Lipinski definition) is 6. The van der Waals surface area contributed by atoms with E-state index in [1.807, 2.05) is 66.9 Å². The number of aliphatic hydroxyl groups is 1. The quantitative estimate of drug-likeness (QED) is 0.242. The molecule has 3 aromatic carbocycles. The van der Waals surface area contributed by atoms with Crippen LogP contribution in [0.15, 0.2) is 66.9 Å². The van der Waals surface area contributed by atoms with E-state index in [9.17, 15) is 9.90 Å². The zero-order valence-electron chi connectivity index (χ0n) is 22.0. The van der Waals surface area contributed by atoms with Gasteiger partial charge in [0.15, 0.2) is 11.5 Å². The van der Waals surface area contributed by atoms with Crippen LogP contribution in [-0.4, -0.2) is 50.0 Å². The largest absolute Gasteiger partial charge is 0.493 e. The van der Waals surface area contributed by atoms with Crippen LogP contribution >= 0.6 is 0 Å². The maximum absolute atomic E-state index is 12.8. The Morgan fingerprint density at radius 3 is 2.34 bits per heavy atom. The second kappa shape index (κ2) is 12.9. The molecule has 0 saturated carbocycles. The van der Waals surface area contributed by atoms with E-state index in [2.05, 4.69) is 10.3 Å². The Labute approximate surface area is 222 Å².